The van der Waals surface area contributed by atoms with Crippen molar-refractivity contribution in [3.05, 3.63) is 44.5 Å². The highest BCUT2D eigenvalue weighted by Gasteiger charge is 2.40. The fourth-order valence-corrected chi connectivity index (χ4v) is 5.36. The lowest BCUT2D eigenvalue weighted by Crippen LogP contribution is -2.56. The van der Waals surface area contributed by atoms with E-state index in [4.69, 9.17) is 4.74 Å². The van der Waals surface area contributed by atoms with Crippen molar-refractivity contribution in [2.75, 3.05) is 20.2 Å². The fourth-order valence-electron chi connectivity index (χ4n) is 2.55. The van der Waals surface area contributed by atoms with Gasteiger partial charge < -0.3 is 14.0 Å². The average Bonchev–Trinajstić information content (AvgIpc) is 3.05. The van der Waals surface area contributed by atoms with Gasteiger partial charge in [0.05, 0.1) is 20.2 Å². The number of hydrogen-bond donors (Lipinski definition) is 0. The van der Waals surface area contributed by atoms with Crippen LogP contribution in [0.5, 0.6) is 5.75 Å². The van der Waals surface area contributed by atoms with Crippen LogP contribution in [0.15, 0.2) is 33.3 Å². The third kappa shape index (κ3) is 3.27. The van der Waals surface area contributed by atoms with Crippen molar-refractivity contribution in [2.24, 2.45) is 7.05 Å². The summed E-state index contributed by atoms with van der Waals surface area (Å²) in [7, 11) is -0.924. The molecule has 10 heteroatoms. The van der Waals surface area contributed by atoms with E-state index in [1.54, 1.807) is 20.0 Å². The maximum Gasteiger partial charge on any atom is 0.349 e. The molecule has 0 aliphatic carbocycles. The second-order valence-electron chi connectivity index (χ2n) is 5.90. The number of hydrogen-bond acceptors (Lipinski definition) is 7. The molecule has 1 saturated heterocycles. The third-order valence-electron chi connectivity index (χ3n) is 4.21. The zero-order valence-corrected chi connectivity index (χ0v) is 16.1. The number of carbonyl (C=O) groups is 1. The van der Waals surface area contributed by atoms with Gasteiger partial charge in [-0.25, -0.2) is 13.2 Å². The topological polar surface area (TPSA) is 94.9 Å². The Morgan fingerprint density at radius 1 is 1.31 bits per heavy atom. The van der Waals surface area contributed by atoms with Crippen LogP contribution in [-0.2, 0) is 21.8 Å². The molecule has 1 aliphatic heterocycles. The van der Waals surface area contributed by atoms with Crippen LogP contribution in [-0.4, -0.2) is 49.6 Å². The summed E-state index contributed by atoms with van der Waals surface area (Å²) in [6, 6.07) is 4.50. The first-order valence-electron chi connectivity index (χ1n) is 7.74. The minimum absolute atomic E-state index is 0.0547. The van der Waals surface area contributed by atoms with Crippen LogP contribution in [0.3, 0.4) is 0 Å². The Morgan fingerprint density at radius 2 is 2.00 bits per heavy atom. The van der Waals surface area contributed by atoms with Crippen molar-refractivity contribution in [2.45, 2.75) is 17.9 Å². The molecule has 1 fully saturated rings. The Hall–Kier alpha value is -2.17. The average molecular weight is 398 g/mol. The molecule has 0 bridgehead atoms. The van der Waals surface area contributed by atoms with E-state index in [9.17, 15) is 18.0 Å². The van der Waals surface area contributed by atoms with E-state index in [2.05, 4.69) is 4.74 Å². The maximum absolute atomic E-state index is 12.7. The molecule has 2 aromatic rings. The van der Waals surface area contributed by atoms with Gasteiger partial charge in [0.25, 0.3) is 5.56 Å². The van der Waals surface area contributed by atoms with Crippen molar-refractivity contribution < 1.29 is 22.7 Å². The summed E-state index contributed by atoms with van der Waals surface area (Å²) in [5.74, 6) is -0.263. The molecule has 140 valence electrons. The second kappa shape index (κ2) is 6.86. The van der Waals surface area contributed by atoms with E-state index in [-0.39, 0.29) is 34.5 Å². The van der Waals surface area contributed by atoms with Crippen molar-refractivity contribution in [1.82, 2.24) is 8.87 Å². The number of nitrogens with zero attached hydrogens (tertiary/aromatic N) is 2. The number of sulfonamides is 1. The molecule has 3 heterocycles. The van der Waals surface area contributed by atoms with Gasteiger partial charge in [-0.1, -0.05) is 0 Å². The van der Waals surface area contributed by atoms with Gasteiger partial charge in [0.15, 0.2) is 0 Å². The van der Waals surface area contributed by atoms with E-state index < -0.39 is 16.0 Å². The molecule has 0 aromatic carbocycles. The van der Waals surface area contributed by atoms with Crippen molar-refractivity contribution in [3.8, 4) is 5.75 Å². The lowest BCUT2D eigenvalue weighted by atomic mass is 10.2. The number of rotatable bonds is 5. The van der Waals surface area contributed by atoms with Crippen LogP contribution in [0.25, 0.3) is 0 Å². The first-order chi connectivity index (χ1) is 12.2. The molecule has 0 radical (unpaired) electrons. The number of methoxy groups -OCH3 is 1. The summed E-state index contributed by atoms with van der Waals surface area (Å²) >= 11 is 1.02. The quantitative estimate of drug-likeness (QED) is 0.697. The summed E-state index contributed by atoms with van der Waals surface area (Å²) in [5.41, 5.74) is 0.557. The lowest BCUT2D eigenvalue weighted by molar-refractivity contribution is 0.0600. The van der Waals surface area contributed by atoms with Crippen LogP contribution >= 0.6 is 11.3 Å². The molecule has 0 unspecified atom stereocenters. The van der Waals surface area contributed by atoms with E-state index in [1.807, 2.05) is 0 Å². The van der Waals surface area contributed by atoms with Gasteiger partial charge in [-0.15, -0.1) is 11.3 Å². The normalized spacial score (nSPS) is 15.5. The summed E-state index contributed by atoms with van der Waals surface area (Å²) in [6.45, 7) is 2.08. The van der Waals surface area contributed by atoms with Crippen molar-refractivity contribution in [3.63, 3.8) is 0 Å². The van der Waals surface area contributed by atoms with E-state index in [1.165, 1.54) is 33.5 Å². The molecule has 0 N–H and O–H groups in total. The highest BCUT2D eigenvalue weighted by molar-refractivity contribution is 7.89. The number of esters is 1. The molecule has 26 heavy (non-hydrogen) atoms. The largest absolute Gasteiger partial charge is 0.487 e. The number of aromatic nitrogens is 1. The smallest absolute Gasteiger partial charge is 0.349 e. The Balaban J connectivity index is 1.71. The highest BCUT2D eigenvalue weighted by Crippen LogP contribution is 2.29. The number of thiophene rings is 1. The number of ether oxygens (including phenoxy) is 2. The highest BCUT2D eigenvalue weighted by atomic mass is 32.2. The summed E-state index contributed by atoms with van der Waals surface area (Å²) < 4.78 is 38.4. The van der Waals surface area contributed by atoms with Crippen molar-refractivity contribution >= 4 is 27.3 Å². The van der Waals surface area contributed by atoms with Gasteiger partial charge in [-0.3, -0.25) is 4.79 Å². The van der Waals surface area contributed by atoms with Crippen molar-refractivity contribution in [1.29, 1.82) is 0 Å². The van der Waals surface area contributed by atoms with Gasteiger partial charge in [0.1, 0.15) is 21.6 Å². The Morgan fingerprint density at radius 3 is 2.62 bits per heavy atom. The van der Waals surface area contributed by atoms with Gasteiger partial charge in [0, 0.05) is 18.8 Å². The summed E-state index contributed by atoms with van der Waals surface area (Å²) in [6.07, 6.45) is -0.350. The summed E-state index contributed by atoms with van der Waals surface area (Å²) in [4.78, 5) is 23.5. The molecule has 0 spiro atoms. The van der Waals surface area contributed by atoms with E-state index in [0.29, 0.717) is 5.75 Å². The zero-order valence-electron chi connectivity index (χ0n) is 14.5. The molecular formula is C16H18N2O6S2. The first kappa shape index (κ1) is 18.6. The molecule has 0 saturated carbocycles. The van der Waals surface area contributed by atoms with Crippen LogP contribution in [0.2, 0.25) is 0 Å². The first-order valence-corrected chi connectivity index (χ1v) is 10.1. The maximum atomic E-state index is 12.7. The minimum atomic E-state index is -3.80. The third-order valence-corrected chi connectivity index (χ3v) is 7.11. The van der Waals surface area contributed by atoms with E-state index in [0.717, 1.165) is 17.0 Å². The lowest BCUT2D eigenvalue weighted by Gasteiger charge is -2.37. The van der Waals surface area contributed by atoms with Gasteiger partial charge in [0.2, 0.25) is 10.0 Å². The van der Waals surface area contributed by atoms with Crippen LogP contribution in [0.4, 0.5) is 0 Å². The molecule has 1 aliphatic rings. The molecule has 3 rings (SSSR count). The number of carbonyl (C=O) groups excluding carboxylic acids is 1. The Bertz CT molecular complexity index is 1000. The predicted octanol–water partition coefficient (Wildman–Crippen LogP) is 0.994. The Kier molecular flexibility index (Phi) is 4.91. The molecule has 2 aromatic heterocycles. The van der Waals surface area contributed by atoms with Crippen LogP contribution in [0.1, 0.15) is 15.4 Å². The van der Waals surface area contributed by atoms with Gasteiger partial charge >= 0.3 is 5.97 Å². The molecule has 0 atom stereocenters. The van der Waals surface area contributed by atoms with Gasteiger partial charge in [-0.2, -0.15) is 4.31 Å². The van der Waals surface area contributed by atoms with Gasteiger partial charge in [-0.05, 0) is 24.4 Å². The Labute approximate surface area is 154 Å². The molecule has 8 nitrogen and oxygen atoms in total. The number of pyridine rings is 1. The molecular weight excluding hydrogens is 380 g/mol. The minimum Gasteiger partial charge on any atom is -0.487 e. The monoisotopic (exact) mass is 398 g/mol. The predicted molar refractivity (Wildman–Crippen MR) is 95.3 cm³/mol. The summed E-state index contributed by atoms with van der Waals surface area (Å²) in [5, 5.41) is 1.54. The van der Waals surface area contributed by atoms with Crippen LogP contribution in [0, 0.1) is 6.92 Å². The number of aryl methyl sites for hydroxylation is 1. The molecule has 0 amide bonds. The van der Waals surface area contributed by atoms with E-state index >= 15 is 0 Å². The SMILES string of the molecule is COC(=O)c1sccc1S(=O)(=O)N1CC(Oc2cc(C)n(C)c(=O)c2)C1. The standard InChI is InChI=1S/C16H18N2O6S2/c1-10-6-11(7-14(19)17(10)2)24-12-8-18(9-12)26(21,22)13-4-5-25-15(13)16(20)23-3/h4-7,12H,8-9H2,1-3H3. The van der Waals surface area contributed by atoms with Crippen LogP contribution < -0.4 is 10.3 Å². The zero-order chi connectivity index (χ0) is 19.1. The fraction of sp³-hybridized carbons (Fsp3) is 0.375. The second-order valence-corrected chi connectivity index (χ2v) is 8.72.